The molecule has 2 fully saturated rings. The maximum Gasteiger partial charge on any atom is 0.410 e. The molecule has 1 spiro atoms. The summed E-state index contributed by atoms with van der Waals surface area (Å²) < 4.78 is 13.4. The van der Waals surface area contributed by atoms with Crippen LogP contribution in [0.2, 0.25) is 0 Å². The van der Waals surface area contributed by atoms with E-state index in [1.54, 1.807) is 6.20 Å². The molecule has 6 heteroatoms. The van der Waals surface area contributed by atoms with Crippen molar-refractivity contribution in [2.75, 3.05) is 19.7 Å². The van der Waals surface area contributed by atoms with Crippen molar-refractivity contribution in [3.8, 4) is 5.75 Å². The summed E-state index contributed by atoms with van der Waals surface area (Å²) >= 11 is 0. The molecule has 0 radical (unpaired) electrons. The molecule has 0 bridgehead atoms. The van der Waals surface area contributed by atoms with Crippen LogP contribution in [0.1, 0.15) is 40.0 Å². The van der Waals surface area contributed by atoms with Gasteiger partial charge >= 0.3 is 6.09 Å². The zero-order valence-corrected chi connectivity index (χ0v) is 15.8. The van der Waals surface area contributed by atoms with Crippen LogP contribution in [0.5, 0.6) is 5.75 Å². The maximum absolute atomic E-state index is 12.2. The Labute approximate surface area is 154 Å². The molecule has 0 N–H and O–H groups in total. The van der Waals surface area contributed by atoms with Gasteiger partial charge in [0.05, 0.1) is 6.61 Å². The first-order valence-electron chi connectivity index (χ1n) is 9.35. The van der Waals surface area contributed by atoms with Gasteiger partial charge in [0.2, 0.25) is 0 Å². The first-order valence-corrected chi connectivity index (χ1v) is 9.35. The monoisotopic (exact) mass is 357 g/mol. The third-order valence-corrected chi connectivity index (χ3v) is 5.39. The zero-order chi connectivity index (χ0) is 18.4. The van der Waals surface area contributed by atoms with Gasteiger partial charge in [-0.1, -0.05) is 0 Å². The molecular formula is C20H27N3O3. The topological polar surface area (TPSA) is 56.1 Å². The summed E-state index contributed by atoms with van der Waals surface area (Å²) in [6.45, 7) is 8.08. The average molecular weight is 357 g/mol. The van der Waals surface area contributed by atoms with Gasteiger partial charge < -0.3 is 18.8 Å². The Bertz CT molecular complexity index is 802. The van der Waals surface area contributed by atoms with Crippen molar-refractivity contribution in [1.29, 1.82) is 0 Å². The van der Waals surface area contributed by atoms with E-state index in [0.717, 1.165) is 50.4 Å². The minimum absolute atomic E-state index is 0.179. The SMILES string of the molecule is CC(C)(C)OC(=O)N1CCC2(CC(COc3ccn4ccnc4c3)C2)C1. The van der Waals surface area contributed by atoms with E-state index in [-0.39, 0.29) is 11.5 Å². The summed E-state index contributed by atoms with van der Waals surface area (Å²) in [7, 11) is 0. The standard InChI is InChI=1S/C20H27N3O3/c1-19(2,3)26-18(24)23-8-5-20(14-23)11-15(12-20)13-25-16-4-7-22-9-6-21-17(22)10-16/h4,6-7,9-10,15H,5,8,11-14H2,1-3H3. The summed E-state index contributed by atoms with van der Waals surface area (Å²) in [5.41, 5.74) is 0.743. The van der Waals surface area contributed by atoms with Gasteiger partial charge in [-0.05, 0) is 57.4 Å². The quantitative estimate of drug-likeness (QED) is 0.839. The van der Waals surface area contributed by atoms with E-state index in [0.29, 0.717) is 5.92 Å². The van der Waals surface area contributed by atoms with E-state index in [2.05, 4.69) is 4.98 Å². The summed E-state index contributed by atoms with van der Waals surface area (Å²) in [6, 6.07) is 3.94. The molecule has 2 aromatic heterocycles. The maximum atomic E-state index is 12.2. The third kappa shape index (κ3) is 3.50. The molecule has 4 rings (SSSR count). The number of rotatable bonds is 3. The number of ether oxygens (including phenoxy) is 2. The lowest BCUT2D eigenvalue weighted by molar-refractivity contribution is 0.0108. The second-order valence-electron chi connectivity index (χ2n) is 8.79. The van der Waals surface area contributed by atoms with E-state index >= 15 is 0 Å². The molecule has 140 valence electrons. The largest absolute Gasteiger partial charge is 0.493 e. The predicted molar refractivity (Wildman–Crippen MR) is 98.3 cm³/mol. The van der Waals surface area contributed by atoms with Crippen molar-refractivity contribution in [3.63, 3.8) is 0 Å². The van der Waals surface area contributed by atoms with E-state index in [4.69, 9.17) is 9.47 Å². The van der Waals surface area contributed by atoms with E-state index in [1.165, 1.54) is 0 Å². The molecule has 0 aromatic carbocycles. The van der Waals surface area contributed by atoms with Gasteiger partial charge in [0.25, 0.3) is 0 Å². The number of nitrogens with zero attached hydrogens (tertiary/aromatic N) is 3. The zero-order valence-electron chi connectivity index (χ0n) is 15.8. The summed E-state index contributed by atoms with van der Waals surface area (Å²) in [6.07, 6.45) is 8.81. The van der Waals surface area contributed by atoms with Crippen molar-refractivity contribution >= 4 is 11.7 Å². The highest BCUT2D eigenvalue weighted by Gasteiger charge is 2.50. The van der Waals surface area contributed by atoms with E-state index in [9.17, 15) is 4.79 Å². The van der Waals surface area contributed by atoms with Gasteiger partial charge in [0.1, 0.15) is 17.0 Å². The smallest absolute Gasteiger partial charge is 0.410 e. The molecule has 1 saturated heterocycles. The number of fused-ring (bicyclic) bond motifs is 1. The van der Waals surface area contributed by atoms with Crippen LogP contribution in [0.25, 0.3) is 5.65 Å². The average Bonchev–Trinajstić information content (AvgIpc) is 3.16. The highest BCUT2D eigenvalue weighted by atomic mass is 16.6. The van der Waals surface area contributed by atoms with Crippen molar-refractivity contribution in [2.45, 2.75) is 45.6 Å². The highest BCUT2D eigenvalue weighted by Crippen LogP contribution is 2.51. The van der Waals surface area contributed by atoms with Crippen molar-refractivity contribution in [2.24, 2.45) is 11.3 Å². The molecule has 2 aromatic rings. The molecule has 0 atom stereocenters. The van der Waals surface area contributed by atoms with Crippen LogP contribution in [-0.4, -0.2) is 45.7 Å². The van der Waals surface area contributed by atoms with Gasteiger partial charge in [-0.2, -0.15) is 0 Å². The number of amides is 1. The number of pyridine rings is 1. The number of hydrogen-bond donors (Lipinski definition) is 0. The molecule has 2 aliphatic rings. The first kappa shape index (κ1) is 17.2. The van der Waals surface area contributed by atoms with Crippen LogP contribution >= 0.6 is 0 Å². The number of hydrogen-bond acceptors (Lipinski definition) is 4. The second-order valence-corrected chi connectivity index (χ2v) is 8.79. The Kier molecular flexibility index (Phi) is 4.09. The number of carbonyl (C=O) groups is 1. The summed E-state index contributed by atoms with van der Waals surface area (Å²) in [4.78, 5) is 18.4. The molecule has 1 aliphatic carbocycles. The normalized spacial score (nSPS) is 25.5. The number of imidazole rings is 1. The van der Waals surface area contributed by atoms with Gasteiger partial charge in [-0.25, -0.2) is 9.78 Å². The Morgan fingerprint density at radius 3 is 2.92 bits per heavy atom. The fourth-order valence-electron chi connectivity index (χ4n) is 4.23. The Morgan fingerprint density at radius 2 is 2.15 bits per heavy atom. The van der Waals surface area contributed by atoms with Crippen LogP contribution in [0.15, 0.2) is 30.7 Å². The molecule has 0 unspecified atom stereocenters. The van der Waals surface area contributed by atoms with Gasteiger partial charge in [-0.3, -0.25) is 0 Å². The van der Waals surface area contributed by atoms with Crippen LogP contribution in [0.3, 0.4) is 0 Å². The Morgan fingerprint density at radius 1 is 1.35 bits per heavy atom. The predicted octanol–water partition coefficient (Wildman–Crippen LogP) is 3.75. The fraction of sp³-hybridized carbons (Fsp3) is 0.600. The van der Waals surface area contributed by atoms with Crippen molar-refractivity contribution in [3.05, 3.63) is 30.7 Å². The van der Waals surface area contributed by atoms with Crippen LogP contribution in [-0.2, 0) is 4.74 Å². The van der Waals surface area contributed by atoms with Gasteiger partial charge in [0, 0.05) is 37.7 Å². The Hall–Kier alpha value is -2.24. The minimum Gasteiger partial charge on any atom is -0.493 e. The number of carbonyl (C=O) groups excluding carboxylic acids is 1. The molecule has 1 aliphatic heterocycles. The van der Waals surface area contributed by atoms with Crippen LogP contribution in [0, 0.1) is 11.3 Å². The molecule has 1 amide bonds. The molecule has 26 heavy (non-hydrogen) atoms. The van der Waals surface area contributed by atoms with Crippen LogP contribution in [0.4, 0.5) is 4.79 Å². The first-order chi connectivity index (χ1) is 12.3. The van der Waals surface area contributed by atoms with Crippen molar-refractivity contribution in [1.82, 2.24) is 14.3 Å². The van der Waals surface area contributed by atoms with Gasteiger partial charge in [-0.15, -0.1) is 0 Å². The number of likely N-dealkylation sites (tertiary alicyclic amines) is 1. The summed E-state index contributed by atoms with van der Waals surface area (Å²) in [5, 5.41) is 0. The lowest BCUT2D eigenvalue weighted by Crippen LogP contribution is -2.43. The van der Waals surface area contributed by atoms with E-state index in [1.807, 2.05) is 54.6 Å². The minimum atomic E-state index is -0.432. The Balaban J connectivity index is 1.25. The molecule has 6 nitrogen and oxygen atoms in total. The lowest BCUT2D eigenvalue weighted by atomic mass is 9.62. The number of aromatic nitrogens is 2. The third-order valence-electron chi connectivity index (χ3n) is 5.39. The highest BCUT2D eigenvalue weighted by molar-refractivity contribution is 5.68. The fourth-order valence-corrected chi connectivity index (χ4v) is 4.23. The molecular weight excluding hydrogens is 330 g/mol. The second kappa shape index (κ2) is 6.18. The molecule has 1 saturated carbocycles. The van der Waals surface area contributed by atoms with Crippen LogP contribution < -0.4 is 4.74 Å². The van der Waals surface area contributed by atoms with Crippen molar-refractivity contribution < 1.29 is 14.3 Å². The molecule has 3 heterocycles. The summed E-state index contributed by atoms with van der Waals surface area (Å²) in [5.74, 6) is 1.43. The van der Waals surface area contributed by atoms with Gasteiger partial charge in [0.15, 0.2) is 0 Å². The lowest BCUT2D eigenvalue weighted by Gasteiger charge is -2.45. The van der Waals surface area contributed by atoms with E-state index < -0.39 is 5.60 Å².